The average Bonchev–Trinajstić information content (AvgIpc) is 3.24. The molecule has 1 amide bonds. The second kappa shape index (κ2) is 8.34. The number of halogens is 4. The van der Waals surface area contributed by atoms with Crippen LogP contribution in [0.5, 0.6) is 5.75 Å². The van der Waals surface area contributed by atoms with Crippen LogP contribution in [0.15, 0.2) is 30.5 Å². The molecule has 0 radical (unpaired) electrons. The highest BCUT2D eigenvalue weighted by Crippen LogP contribution is 2.30. The highest BCUT2D eigenvalue weighted by molar-refractivity contribution is 7.80. The highest BCUT2D eigenvalue weighted by Gasteiger charge is 2.39. The first kappa shape index (κ1) is 22.2. The number of aryl methyl sites for hydroxylation is 2. The Balaban J connectivity index is 1.76. The number of aromatic nitrogens is 4. The number of nitrogens with one attached hydrogen (secondary N) is 2. The molecular formula is C18H16F4N6O2S. The molecule has 0 bridgehead atoms. The van der Waals surface area contributed by atoms with Crippen molar-refractivity contribution in [2.45, 2.75) is 6.18 Å². The van der Waals surface area contributed by atoms with Crippen molar-refractivity contribution in [3.05, 3.63) is 47.5 Å². The van der Waals surface area contributed by atoms with Crippen LogP contribution in [0.25, 0.3) is 11.3 Å². The summed E-state index contributed by atoms with van der Waals surface area (Å²) >= 11 is 5.02. The molecule has 0 aliphatic rings. The maximum atomic E-state index is 14.3. The van der Waals surface area contributed by atoms with Gasteiger partial charge in [0.1, 0.15) is 17.4 Å². The fourth-order valence-corrected chi connectivity index (χ4v) is 2.93. The zero-order valence-corrected chi connectivity index (χ0v) is 17.2. The first-order valence-electron chi connectivity index (χ1n) is 8.60. The van der Waals surface area contributed by atoms with E-state index in [1.165, 1.54) is 37.0 Å². The summed E-state index contributed by atoms with van der Waals surface area (Å²) in [5, 5.41) is 12.0. The largest absolute Gasteiger partial charge is 0.497 e. The van der Waals surface area contributed by atoms with Crippen LogP contribution in [0.2, 0.25) is 0 Å². The molecule has 2 aromatic heterocycles. The molecule has 3 rings (SSSR count). The summed E-state index contributed by atoms with van der Waals surface area (Å²) in [6.07, 6.45) is -3.86. The van der Waals surface area contributed by atoms with Crippen LogP contribution >= 0.6 is 12.2 Å². The number of hydrogen-bond donors (Lipinski definition) is 2. The topological polar surface area (TPSA) is 86.0 Å². The Morgan fingerprint density at radius 2 is 1.90 bits per heavy atom. The van der Waals surface area contributed by atoms with Gasteiger partial charge < -0.3 is 10.1 Å². The summed E-state index contributed by atoms with van der Waals surface area (Å²) in [7, 11) is 4.22. The van der Waals surface area contributed by atoms with Crippen molar-refractivity contribution in [1.29, 1.82) is 0 Å². The van der Waals surface area contributed by atoms with Crippen LogP contribution in [-0.4, -0.2) is 37.7 Å². The number of methoxy groups -OCH3 is 1. The number of alkyl halides is 3. The van der Waals surface area contributed by atoms with Crippen molar-refractivity contribution in [2.24, 2.45) is 14.1 Å². The number of carbonyl (C=O) groups excluding carboxylic acids is 1. The Bertz CT molecular complexity index is 1150. The molecular weight excluding hydrogens is 440 g/mol. The molecule has 31 heavy (non-hydrogen) atoms. The maximum Gasteiger partial charge on any atom is 0.435 e. The van der Waals surface area contributed by atoms with E-state index in [4.69, 9.17) is 17.0 Å². The standard InChI is InChI=1S/C18H16F4N6O2S/c1-27-8-11(15(26-27)18(20,21)22)16(29)24-17(31)23-14-7-13(25-28(14)2)10-5-4-9(30-3)6-12(10)19/h4-8H,1-3H3,(H2,23,24,29,31). The van der Waals surface area contributed by atoms with Crippen LogP contribution in [0, 0.1) is 5.82 Å². The minimum absolute atomic E-state index is 0.199. The molecule has 2 N–H and O–H groups in total. The molecule has 3 aromatic rings. The molecule has 0 aliphatic heterocycles. The Morgan fingerprint density at radius 3 is 2.52 bits per heavy atom. The molecule has 0 unspecified atom stereocenters. The lowest BCUT2D eigenvalue weighted by atomic mass is 10.1. The van der Waals surface area contributed by atoms with Crippen molar-refractivity contribution >= 4 is 29.1 Å². The molecule has 0 atom stereocenters. The van der Waals surface area contributed by atoms with Crippen molar-refractivity contribution in [1.82, 2.24) is 24.9 Å². The van der Waals surface area contributed by atoms with E-state index in [1.54, 1.807) is 13.1 Å². The lowest BCUT2D eigenvalue weighted by Gasteiger charge is -2.10. The Morgan fingerprint density at radius 1 is 1.19 bits per heavy atom. The normalized spacial score (nSPS) is 11.3. The van der Waals surface area contributed by atoms with Crippen LogP contribution < -0.4 is 15.4 Å². The minimum Gasteiger partial charge on any atom is -0.497 e. The summed E-state index contributed by atoms with van der Waals surface area (Å²) in [4.78, 5) is 12.3. The van der Waals surface area contributed by atoms with E-state index >= 15 is 0 Å². The van der Waals surface area contributed by atoms with Gasteiger partial charge in [-0.1, -0.05) is 0 Å². The quantitative estimate of drug-likeness (QED) is 0.464. The van der Waals surface area contributed by atoms with E-state index in [9.17, 15) is 22.4 Å². The van der Waals surface area contributed by atoms with Crippen LogP contribution in [0.4, 0.5) is 23.4 Å². The molecule has 0 fully saturated rings. The van der Waals surface area contributed by atoms with Crippen molar-refractivity contribution in [2.75, 3.05) is 12.4 Å². The van der Waals surface area contributed by atoms with E-state index in [2.05, 4.69) is 20.8 Å². The number of ether oxygens (including phenoxy) is 1. The monoisotopic (exact) mass is 456 g/mol. The number of carbonyl (C=O) groups is 1. The van der Waals surface area contributed by atoms with Gasteiger partial charge in [-0.2, -0.15) is 23.4 Å². The summed E-state index contributed by atoms with van der Waals surface area (Å²) in [6, 6.07) is 5.72. The van der Waals surface area contributed by atoms with Gasteiger partial charge in [0.2, 0.25) is 0 Å². The third-order valence-corrected chi connectivity index (χ3v) is 4.35. The smallest absolute Gasteiger partial charge is 0.435 e. The number of hydrogen-bond acceptors (Lipinski definition) is 5. The predicted molar refractivity (Wildman–Crippen MR) is 107 cm³/mol. The Labute approximate surface area is 178 Å². The SMILES string of the molecule is COc1ccc(-c2cc(NC(=S)NC(=O)c3cn(C)nc3C(F)(F)F)n(C)n2)c(F)c1. The number of nitrogens with zero attached hydrogens (tertiary/aromatic N) is 4. The lowest BCUT2D eigenvalue weighted by molar-refractivity contribution is -0.141. The van der Waals surface area contributed by atoms with Crippen molar-refractivity contribution < 1.29 is 27.1 Å². The third kappa shape index (κ3) is 4.82. The molecule has 0 saturated carbocycles. The van der Waals surface area contributed by atoms with E-state index in [1.807, 2.05) is 0 Å². The minimum atomic E-state index is -4.80. The van der Waals surface area contributed by atoms with Gasteiger partial charge in [-0.3, -0.25) is 19.5 Å². The number of amides is 1. The zero-order chi connectivity index (χ0) is 22.9. The second-order valence-electron chi connectivity index (χ2n) is 6.36. The van der Waals surface area contributed by atoms with Gasteiger partial charge in [0.15, 0.2) is 10.8 Å². The van der Waals surface area contributed by atoms with Crippen LogP contribution in [0.1, 0.15) is 16.1 Å². The van der Waals surface area contributed by atoms with Gasteiger partial charge in [0.05, 0.1) is 18.4 Å². The zero-order valence-electron chi connectivity index (χ0n) is 16.4. The molecule has 2 heterocycles. The first-order chi connectivity index (χ1) is 14.5. The van der Waals surface area contributed by atoms with E-state index < -0.39 is 29.2 Å². The third-order valence-electron chi connectivity index (χ3n) is 4.14. The summed E-state index contributed by atoms with van der Waals surface area (Å²) < 4.78 is 60.6. The molecule has 0 aliphatic carbocycles. The number of benzene rings is 1. The second-order valence-corrected chi connectivity index (χ2v) is 6.76. The molecule has 13 heteroatoms. The Kier molecular flexibility index (Phi) is 5.97. The van der Waals surface area contributed by atoms with E-state index in [0.29, 0.717) is 5.75 Å². The van der Waals surface area contributed by atoms with Crippen molar-refractivity contribution in [3.63, 3.8) is 0 Å². The first-order valence-corrected chi connectivity index (χ1v) is 9.01. The average molecular weight is 456 g/mol. The van der Waals surface area contributed by atoms with Gasteiger partial charge in [-0.25, -0.2) is 4.39 Å². The summed E-state index contributed by atoms with van der Waals surface area (Å²) in [5.74, 6) is -1.02. The molecule has 0 spiro atoms. The van der Waals surface area contributed by atoms with E-state index in [0.717, 1.165) is 10.9 Å². The lowest BCUT2D eigenvalue weighted by Crippen LogP contribution is -2.35. The highest BCUT2D eigenvalue weighted by atomic mass is 32.1. The fourth-order valence-electron chi connectivity index (χ4n) is 2.73. The molecule has 8 nitrogen and oxygen atoms in total. The van der Waals surface area contributed by atoms with Gasteiger partial charge in [-0.15, -0.1) is 0 Å². The fraction of sp³-hybridized carbons (Fsp3) is 0.222. The van der Waals surface area contributed by atoms with Crippen LogP contribution in [0.3, 0.4) is 0 Å². The van der Waals surface area contributed by atoms with Crippen molar-refractivity contribution in [3.8, 4) is 17.0 Å². The summed E-state index contributed by atoms with van der Waals surface area (Å²) in [6.45, 7) is 0. The van der Waals surface area contributed by atoms with Gasteiger partial charge in [0.25, 0.3) is 5.91 Å². The molecule has 164 valence electrons. The Hall–Kier alpha value is -3.48. The van der Waals surface area contributed by atoms with Gasteiger partial charge in [0, 0.05) is 38.0 Å². The van der Waals surface area contributed by atoms with Gasteiger partial charge >= 0.3 is 6.18 Å². The van der Waals surface area contributed by atoms with E-state index in [-0.39, 0.29) is 22.2 Å². The number of anilines is 1. The molecule has 1 aromatic carbocycles. The number of rotatable bonds is 4. The van der Waals surface area contributed by atoms with Crippen LogP contribution in [-0.2, 0) is 20.3 Å². The van der Waals surface area contributed by atoms with Gasteiger partial charge in [-0.05, 0) is 24.4 Å². The number of thiocarbonyl (C=S) groups is 1. The predicted octanol–water partition coefficient (Wildman–Crippen LogP) is 3.11. The summed E-state index contributed by atoms with van der Waals surface area (Å²) in [5.41, 5.74) is -1.53. The molecule has 0 saturated heterocycles. The maximum absolute atomic E-state index is 14.3.